The number of para-hydroxylation sites is 2. The van der Waals surface area contributed by atoms with Crippen LogP contribution in [0.3, 0.4) is 0 Å². The Balaban J connectivity index is 0.937. The van der Waals surface area contributed by atoms with E-state index in [1.807, 2.05) is 11.3 Å². The second-order valence-corrected chi connectivity index (χ2v) is 15.9. The van der Waals surface area contributed by atoms with Crippen LogP contribution in [0.1, 0.15) is 0 Å². The molecule has 0 saturated carbocycles. The molecule has 2 nitrogen and oxygen atoms in total. The Bertz CT molecular complexity index is 3380. The third kappa shape index (κ3) is 5.03. The second kappa shape index (κ2) is 12.7. The number of hydrogen-bond donors (Lipinski definition) is 0. The molecule has 1 aliphatic heterocycles. The van der Waals surface area contributed by atoms with Crippen LogP contribution in [-0.4, -0.2) is 0 Å². The van der Waals surface area contributed by atoms with Crippen LogP contribution in [0.15, 0.2) is 200 Å². The summed E-state index contributed by atoms with van der Waals surface area (Å²) in [6.07, 6.45) is 0. The maximum atomic E-state index is 6.68. The van der Waals surface area contributed by atoms with Gasteiger partial charge in [-0.3, -0.25) is 0 Å². The number of thiophene rings is 1. The van der Waals surface area contributed by atoms with Crippen molar-refractivity contribution in [3.05, 3.63) is 200 Å². The van der Waals surface area contributed by atoms with Crippen molar-refractivity contribution in [2.45, 2.75) is 0 Å². The first-order valence-electron chi connectivity index (χ1n) is 19.4. The first-order valence-corrected chi connectivity index (χ1v) is 20.2. The molecule has 0 radical (unpaired) electrons. The normalized spacial score (nSPS) is 12.0. The Morgan fingerprint density at radius 1 is 0.368 bits per heavy atom. The van der Waals surface area contributed by atoms with E-state index in [-0.39, 0.29) is 0 Å². The number of rotatable bonds is 5. The molecule has 0 N–H and O–H groups in total. The van der Waals surface area contributed by atoms with E-state index in [9.17, 15) is 0 Å². The molecule has 266 valence electrons. The van der Waals surface area contributed by atoms with Crippen molar-refractivity contribution >= 4 is 80.9 Å². The molecule has 0 spiro atoms. The van der Waals surface area contributed by atoms with Crippen LogP contribution in [0.5, 0.6) is 11.5 Å². The third-order valence-corrected chi connectivity index (χ3v) is 12.8. The number of hydrogen-bond acceptors (Lipinski definition) is 3. The zero-order chi connectivity index (χ0) is 37.5. The highest BCUT2D eigenvalue weighted by molar-refractivity contribution is 7.27. The third-order valence-electron chi connectivity index (χ3n) is 11.6. The van der Waals surface area contributed by atoms with Crippen molar-refractivity contribution in [2.75, 3.05) is 4.90 Å². The molecular formula is C54H33NOS. The van der Waals surface area contributed by atoms with Gasteiger partial charge in [0.2, 0.25) is 0 Å². The Kier molecular flexibility index (Phi) is 7.13. The van der Waals surface area contributed by atoms with Crippen LogP contribution in [0.25, 0.3) is 85.9 Å². The molecule has 12 rings (SSSR count). The summed E-state index contributed by atoms with van der Waals surface area (Å²) in [6, 6.07) is 72.4. The van der Waals surface area contributed by atoms with Gasteiger partial charge in [-0.05, 0) is 92.3 Å². The SMILES string of the molecule is c1ccc(N(c2ccc(-c3cccc(-c4cccc5c4Oc4cccc6cccc-5c46)c3)cc2)c2ccc3c(c2)sc2c4ccccc4c4ccccc4c32)cc1. The maximum absolute atomic E-state index is 6.68. The van der Waals surface area contributed by atoms with Crippen molar-refractivity contribution in [1.29, 1.82) is 0 Å². The Morgan fingerprint density at radius 3 is 1.84 bits per heavy atom. The highest BCUT2D eigenvalue weighted by Crippen LogP contribution is 2.51. The summed E-state index contributed by atoms with van der Waals surface area (Å²) in [6.45, 7) is 0. The van der Waals surface area contributed by atoms with Crippen molar-refractivity contribution in [1.82, 2.24) is 0 Å². The molecule has 10 aromatic carbocycles. The van der Waals surface area contributed by atoms with E-state index in [2.05, 4.69) is 205 Å². The number of nitrogens with zero attached hydrogens (tertiary/aromatic N) is 1. The van der Waals surface area contributed by atoms with Gasteiger partial charge in [0.25, 0.3) is 0 Å². The number of fused-ring (bicyclic) bond motifs is 10. The predicted octanol–water partition coefficient (Wildman–Crippen LogP) is 16.1. The quantitative estimate of drug-likeness (QED) is 0.163. The molecule has 0 aliphatic carbocycles. The molecule has 2 heterocycles. The first kappa shape index (κ1) is 32.1. The fourth-order valence-corrected chi connectivity index (χ4v) is 10.3. The van der Waals surface area contributed by atoms with Crippen LogP contribution in [0, 0.1) is 0 Å². The lowest BCUT2D eigenvalue weighted by atomic mass is 9.91. The lowest BCUT2D eigenvalue weighted by Crippen LogP contribution is -2.09. The molecule has 11 aromatic rings. The topological polar surface area (TPSA) is 12.5 Å². The molecule has 0 saturated heterocycles. The standard InChI is InChI=1S/C54H33NOS/c1-2-16-38(17-3-1)55(40-30-31-48-50(33-40)57-54-47-21-7-5-19-43(47)42-18-4-6-20-44(42)52(48)54)39-28-26-34(27-29-39)36-14-8-15-37(32-36)41-22-11-24-46-45-23-9-12-35-13-10-25-49(51(35)45)56-53(41)46/h1-33H. The highest BCUT2D eigenvalue weighted by atomic mass is 32.1. The molecule has 0 fully saturated rings. The van der Waals surface area contributed by atoms with Gasteiger partial charge in [-0.15, -0.1) is 11.3 Å². The maximum Gasteiger partial charge on any atom is 0.143 e. The summed E-state index contributed by atoms with van der Waals surface area (Å²) >= 11 is 1.90. The van der Waals surface area contributed by atoms with Gasteiger partial charge in [0.15, 0.2) is 0 Å². The Labute approximate surface area is 334 Å². The molecule has 0 atom stereocenters. The van der Waals surface area contributed by atoms with Gasteiger partial charge in [-0.1, -0.05) is 152 Å². The summed E-state index contributed by atoms with van der Waals surface area (Å²) < 4.78 is 9.31. The largest absolute Gasteiger partial charge is 0.455 e. The van der Waals surface area contributed by atoms with Gasteiger partial charge >= 0.3 is 0 Å². The predicted molar refractivity (Wildman–Crippen MR) is 243 cm³/mol. The molecule has 0 bridgehead atoms. The van der Waals surface area contributed by atoms with Crippen molar-refractivity contribution in [3.63, 3.8) is 0 Å². The van der Waals surface area contributed by atoms with Gasteiger partial charge in [0.05, 0.1) is 0 Å². The fourth-order valence-electron chi connectivity index (χ4n) is 9.04. The fraction of sp³-hybridized carbons (Fsp3) is 0. The molecule has 0 amide bonds. The van der Waals surface area contributed by atoms with E-state index in [0.29, 0.717) is 0 Å². The molecule has 0 unspecified atom stereocenters. The minimum Gasteiger partial charge on any atom is -0.455 e. The zero-order valence-electron chi connectivity index (χ0n) is 30.8. The van der Waals surface area contributed by atoms with Crippen LogP contribution in [-0.2, 0) is 0 Å². The number of ether oxygens (including phenoxy) is 1. The lowest BCUT2D eigenvalue weighted by Gasteiger charge is -2.26. The first-order chi connectivity index (χ1) is 28.3. The van der Waals surface area contributed by atoms with Gasteiger partial charge < -0.3 is 9.64 Å². The van der Waals surface area contributed by atoms with Crippen LogP contribution >= 0.6 is 11.3 Å². The summed E-state index contributed by atoms with van der Waals surface area (Å²) in [4.78, 5) is 2.37. The number of benzene rings is 10. The van der Waals surface area contributed by atoms with Crippen LogP contribution < -0.4 is 9.64 Å². The van der Waals surface area contributed by atoms with Crippen molar-refractivity contribution in [2.24, 2.45) is 0 Å². The molecule has 1 aliphatic rings. The van der Waals surface area contributed by atoms with E-state index >= 15 is 0 Å². The van der Waals surface area contributed by atoms with Gasteiger partial charge in [0.1, 0.15) is 11.5 Å². The molecule has 3 heteroatoms. The van der Waals surface area contributed by atoms with E-state index in [0.717, 1.165) is 56.4 Å². The van der Waals surface area contributed by atoms with Crippen LogP contribution in [0.2, 0.25) is 0 Å². The average molecular weight is 744 g/mol. The van der Waals surface area contributed by atoms with Crippen LogP contribution in [0.4, 0.5) is 17.1 Å². The Morgan fingerprint density at radius 2 is 1.00 bits per heavy atom. The average Bonchev–Trinajstić information content (AvgIpc) is 3.67. The van der Waals surface area contributed by atoms with Crippen molar-refractivity contribution in [3.8, 4) is 44.9 Å². The molecular weight excluding hydrogens is 711 g/mol. The lowest BCUT2D eigenvalue weighted by molar-refractivity contribution is 0.489. The van der Waals surface area contributed by atoms with E-state index in [4.69, 9.17) is 4.74 Å². The monoisotopic (exact) mass is 743 g/mol. The van der Waals surface area contributed by atoms with Gasteiger partial charge in [0, 0.05) is 59.1 Å². The van der Waals surface area contributed by atoms with E-state index in [1.165, 1.54) is 58.1 Å². The van der Waals surface area contributed by atoms with Crippen molar-refractivity contribution < 1.29 is 4.74 Å². The Hall–Kier alpha value is -7.20. The van der Waals surface area contributed by atoms with E-state index in [1.54, 1.807) is 0 Å². The number of anilines is 3. The minimum absolute atomic E-state index is 0.909. The smallest absolute Gasteiger partial charge is 0.143 e. The summed E-state index contributed by atoms with van der Waals surface area (Å²) in [5.41, 5.74) is 10.2. The summed E-state index contributed by atoms with van der Waals surface area (Å²) in [5.74, 6) is 1.82. The summed E-state index contributed by atoms with van der Waals surface area (Å²) in [5, 5.41) is 10.3. The zero-order valence-corrected chi connectivity index (χ0v) is 31.6. The molecule has 1 aromatic heterocycles. The summed E-state index contributed by atoms with van der Waals surface area (Å²) in [7, 11) is 0. The second-order valence-electron chi connectivity index (χ2n) is 14.8. The molecule has 57 heavy (non-hydrogen) atoms. The minimum atomic E-state index is 0.909. The van der Waals surface area contributed by atoms with Gasteiger partial charge in [-0.25, -0.2) is 0 Å². The van der Waals surface area contributed by atoms with E-state index < -0.39 is 0 Å². The highest BCUT2D eigenvalue weighted by Gasteiger charge is 2.23. The van der Waals surface area contributed by atoms with Gasteiger partial charge in [-0.2, -0.15) is 0 Å².